The number of aromatic nitrogens is 1. The zero-order chi connectivity index (χ0) is 13.8. The molecule has 1 N–H and O–H groups in total. The standard InChI is InChI=1S/C15H17NO3/c1-10-5-4-8-16-14(10)15(17)11-6-7-12(18-2)13(9-11)19-3/h4-9,15,17H,1-3H3. The molecule has 1 unspecified atom stereocenters. The number of methoxy groups -OCH3 is 2. The Morgan fingerprint density at radius 1 is 1.11 bits per heavy atom. The summed E-state index contributed by atoms with van der Waals surface area (Å²) < 4.78 is 10.4. The van der Waals surface area contributed by atoms with Crippen molar-refractivity contribution in [2.24, 2.45) is 0 Å². The number of pyridine rings is 1. The highest BCUT2D eigenvalue weighted by molar-refractivity contribution is 5.45. The molecular weight excluding hydrogens is 242 g/mol. The van der Waals surface area contributed by atoms with Crippen LogP contribution in [-0.4, -0.2) is 24.3 Å². The minimum atomic E-state index is -0.777. The molecule has 1 aromatic heterocycles. The molecule has 0 saturated heterocycles. The van der Waals surface area contributed by atoms with Crippen LogP contribution in [0.25, 0.3) is 0 Å². The Morgan fingerprint density at radius 3 is 2.47 bits per heavy atom. The van der Waals surface area contributed by atoms with Gasteiger partial charge in [0.05, 0.1) is 19.9 Å². The van der Waals surface area contributed by atoms with Gasteiger partial charge in [0.1, 0.15) is 6.10 Å². The number of nitrogens with zero attached hydrogens (tertiary/aromatic N) is 1. The molecule has 0 saturated carbocycles. The van der Waals surface area contributed by atoms with E-state index in [4.69, 9.17) is 9.47 Å². The molecule has 0 bridgehead atoms. The molecule has 1 heterocycles. The number of aliphatic hydroxyl groups is 1. The molecule has 4 nitrogen and oxygen atoms in total. The lowest BCUT2D eigenvalue weighted by Crippen LogP contribution is -2.05. The van der Waals surface area contributed by atoms with Gasteiger partial charge in [0.15, 0.2) is 11.5 Å². The second-order valence-corrected chi connectivity index (χ2v) is 4.22. The van der Waals surface area contributed by atoms with Gasteiger partial charge in [0.25, 0.3) is 0 Å². The van der Waals surface area contributed by atoms with Crippen LogP contribution in [0.2, 0.25) is 0 Å². The van der Waals surface area contributed by atoms with E-state index in [9.17, 15) is 5.11 Å². The first-order valence-electron chi connectivity index (χ1n) is 5.99. The van der Waals surface area contributed by atoms with E-state index in [0.29, 0.717) is 17.2 Å². The maximum atomic E-state index is 10.4. The fraction of sp³-hybridized carbons (Fsp3) is 0.267. The van der Waals surface area contributed by atoms with Crippen molar-refractivity contribution in [1.29, 1.82) is 0 Å². The molecule has 100 valence electrons. The lowest BCUT2D eigenvalue weighted by atomic mass is 10.0. The SMILES string of the molecule is COc1ccc(C(O)c2ncccc2C)cc1OC. The molecule has 0 aliphatic carbocycles. The zero-order valence-electron chi connectivity index (χ0n) is 11.3. The minimum absolute atomic E-state index is 0.590. The summed E-state index contributed by atoms with van der Waals surface area (Å²) in [5.41, 5.74) is 2.32. The number of aryl methyl sites for hydroxylation is 1. The first-order valence-corrected chi connectivity index (χ1v) is 5.99. The molecule has 2 rings (SSSR count). The normalized spacial score (nSPS) is 12.0. The van der Waals surface area contributed by atoms with Crippen LogP contribution < -0.4 is 9.47 Å². The minimum Gasteiger partial charge on any atom is -0.493 e. The average Bonchev–Trinajstić information content (AvgIpc) is 2.46. The molecule has 1 aromatic carbocycles. The molecule has 0 amide bonds. The highest BCUT2D eigenvalue weighted by Gasteiger charge is 2.16. The highest BCUT2D eigenvalue weighted by Crippen LogP contribution is 2.32. The lowest BCUT2D eigenvalue weighted by Gasteiger charge is -2.15. The summed E-state index contributed by atoms with van der Waals surface area (Å²) in [6.45, 7) is 1.92. The second kappa shape index (κ2) is 5.71. The van der Waals surface area contributed by atoms with E-state index in [1.807, 2.05) is 19.1 Å². The first kappa shape index (κ1) is 13.4. The number of hydrogen-bond donors (Lipinski definition) is 1. The average molecular weight is 259 g/mol. The highest BCUT2D eigenvalue weighted by atomic mass is 16.5. The van der Waals surface area contributed by atoms with Gasteiger partial charge in [-0.15, -0.1) is 0 Å². The summed E-state index contributed by atoms with van der Waals surface area (Å²) in [7, 11) is 3.15. The van der Waals surface area contributed by atoms with E-state index < -0.39 is 6.10 Å². The summed E-state index contributed by atoms with van der Waals surface area (Å²) in [6.07, 6.45) is 0.896. The molecule has 4 heteroatoms. The Balaban J connectivity index is 2.39. The van der Waals surface area contributed by atoms with E-state index in [2.05, 4.69) is 4.98 Å². The quantitative estimate of drug-likeness (QED) is 0.916. The smallest absolute Gasteiger partial charge is 0.161 e. The summed E-state index contributed by atoms with van der Waals surface area (Å²) in [6, 6.07) is 9.11. The Hall–Kier alpha value is -2.07. The molecule has 2 aromatic rings. The summed E-state index contributed by atoms with van der Waals surface area (Å²) in [5.74, 6) is 1.23. The summed E-state index contributed by atoms with van der Waals surface area (Å²) in [5, 5.41) is 10.4. The monoisotopic (exact) mass is 259 g/mol. The van der Waals surface area contributed by atoms with Gasteiger partial charge in [-0.3, -0.25) is 4.98 Å². The van der Waals surface area contributed by atoms with Gasteiger partial charge in [-0.25, -0.2) is 0 Å². The summed E-state index contributed by atoms with van der Waals surface area (Å²) >= 11 is 0. The Morgan fingerprint density at radius 2 is 1.84 bits per heavy atom. The van der Waals surface area contributed by atoms with Gasteiger partial charge < -0.3 is 14.6 Å². The third-order valence-electron chi connectivity index (χ3n) is 3.03. The molecule has 0 radical (unpaired) electrons. The topological polar surface area (TPSA) is 51.6 Å². The largest absolute Gasteiger partial charge is 0.493 e. The molecule has 0 aliphatic heterocycles. The van der Waals surface area contributed by atoms with Crippen molar-refractivity contribution in [3.8, 4) is 11.5 Å². The summed E-state index contributed by atoms with van der Waals surface area (Å²) in [4.78, 5) is 4.23. The third kappa shape index (κ3) is 2.69. The Kier molecular flexibility index (Phi) is 4.02. The van der Waals surface area contributed by atoms with Crippen LogP contribution in [0.1, 0.15) is 22.9 Å². The van der Waals surface area contributed by atoms with Crippen molar-refractivity contribution in [1.82, 2.24) is 4.98 Å². The van der Waals surface area contributed by atoms with Crippen LogP contribution in [-0.2, 0) is 0 Å². The van der Waals surface area contributed by atoms with Crippen LogP contribution in [0, 0.1) is 6.92 Å². The number of hydrogen-bond acceptors (Lipinski definition) is 4. The van der Waals surface area contributed by atoms with Crippen molar-refractivity contribution >= 4 is 0 Å². The predicted octanol–water partition coefficient (Wildman–Crippen LogP) is 2.49. The van der Waals surface area contributed by atoms with Gasteiger partial charge in [0.2, 0.25) is 0 Å². The fourth-order valence-electron chi connectivity index (χ4n) is 1.96. The molecule has 0 aliphatic rings. The number of rotatable bonds is 4. The van der Waals surface area contributed by atoms with Crippen LogP contribution in [0.5, 0.6) is 11.5 Å². The molecule has 0 spiro atoms. The number of aliphatic hydroxyl groups excluding tert-OH is 1. The second-order valence-electron chi connectivity index (χ2n) is 4.22. The van der Waals surface area contributed by atoms with Crippen LogP contribution in [0.4, 0.5) is 0 Å². The van der Waals surface area contributed by atoms with Gasteiger partial charge in [-0.05, 0) is 36.2 Å². The van der Waals surface area contributed by atoms with Crippen molar-refractivity contribution in [2.45, 2.75) is 13.0 Å². The molecule has 19 heavy (non-hydrogen) atoms. The molecular formula is C15H17NO3. The van der Waals surface area contributed by atoms with E-state index in [1.54, 1.807) is 38.6 Å². The van der Waals surface area contributed by atoms with Crippen LogP contribution in [0.15, 0.2) is 36.5 Å². The number of benzene rings is 1. The van der Waals surface area contributed by atoms with E-state index in [-0.39, 0.29) is 0 Å². The Bertz CT molecular complexity index is 569. The van der Waals surface area contributed by atoms with E-state index >= 15 is 0 Å². The molecule has 0 fully saturated rings. The van der Waals surface area contributed by atoms with E-state index in [0.717, 1.165) is 11.1 Å². The van der Waals surface area contributed by atoms with E-state index in [1.165, 1.54) is 0 Å². The fourth-order valence-corrected chi connectivity index (χ4v) is 1.96. The van der Waals surface area contributed by atoms with Gasteiger partial charge >= 0.3 is 0 Å². The Labute approximate surface area is 112 Å². The molecule has 1 atom stereocenters. The van der Waals surface area contributed by atoms with Crippen LogP contribution in [0.3, 0.4) is 0 Å². The number of ether oxygens (including phenoxy) is 2. The van der Waals surface area contributed by atoms with Crippen molar-refractivity contribution in [3.63, 3.8) is 0 Å². The van der Waals surface area contributed by atoms with Crippen molar-refractivity contribution in [2.75, 3.05) is 14.2 Å². The van der Waals surface area contributed by atoms with Crippen LogP contribution >= 0.6 is 0 Å². The first-order chi connectivity index (χ1) is 9.17. The maximum Gasteiger partial charge on any atom is 0.161 e. The van der Waals surface area contributed by atoms with Crippen molar-refractivity contribution < 1.29 is 14.6 Å². The van der Waals surface area contributed by atoms with Gasteiger partial charge in [0, 0.05) is 6.20 Å². The van der Waals surface area contributed by atoms with Gasteiger partial charge in [-0.2, -0.15) is 0 Å². The van der Waals surface area contributed by atoms with Crippen molar-refractivity contribution in [3.05, 3.63) is 53.3 Å². The third-order valence-corrected chi connectivity index (χ3v) is 3.03. The predicted molar refractivity (Wildman–Crippen MR) is 72.6 cm³/mol. The lowest BCUT2D eigenvalue weighted by molar-refractivity contribution is 0.213. The maximum absolute atomic E-state index is 10.4. The van der Waals surface area contributed by atoms with Gasteiger partial charge in [-0.1, -0.05) is 12.1 Å². The zero-order valence-corrected chi connectivity index (χ0v) is 11.3.